The number of hydrogen-bond acceptors (Lipinski definition) is 3. The Labute approximate surface area is 138 Å². The highest BCUT2D eigenvalue weighted by Gasteiger charge is 2.30. The number of aliphatic hydroxyl groups is 1. The number of alkyl halides is 3. The highest BCUT2D eigenvalue weighted by molar-refractivity contribution is 5.74. The van der Waals surface area contributed by atoms with Crippen LogP contribution in [-0.2, 0) is 17.5 Å². The normalized spacial score (nSPS) is 19.9. The summed E-state index contributed by atoms with van der Waals surface area (Å²) >= 11 is 0. The van der Waals surface area contributed by atoms with Crippen LogP contribution in [0.1, 0.15) is 24.5 Å². The van der Waals surface area contributed by atoms with Crippen molar-refractivity contribution in [3.8, 4) is 0 Å². The van der Waals surface area contributed by atoms with Gasteiger partial charge in [0.1, 0.15) is 0 Å². The number of carbonyl (C=O) groups is 1. The third-order valence-electron chi connectivity index (χ3n) is 3.83. The number of nitrogens with zero attached hydrogens (tertiary/aromatic N) is 1. The van der Waals surface area contributed by atoms with Gasteiger partial charge in [-0.05, 0) is 31.0 Å². The zero-order chi connectivity index (χ0) is 17.7. The minimum absolute atomic E-state index is 0.135. The van der Waals surface area contributed by atoms with Crippen molar-refractivity contribution in [2.45, 2.75) is 38.2 Å². The highest BCUT2D eigenvalue weighted by atomic mass is 19.4. The number of rotatable bonds is 4. The number of urea groups is 1. The molecule has 0 spiro atoms. The van der Waals surface area contributed by atoms with Gasteiger partial charge in [0.2, 0.25) is 0 Å². The number of nitrogens with one attached hydrogen (secondary N) is 1. The maximum atomic E-state index is 12.5. The monoisotopic (exact) mass is 346 g/mol. The van der Waals surface area contributed by atoms with Gasteiger partial charge in [0.05, 0.1) is 30.9 Å². The molecule has 2 rings (SSSR count). The van der Waals surface area contributed by atoms with Crippen molar-refractivity contribution < 1.29 is 27.8 Å². The fourth-order valence-corrected chi connectivity index (χ4v) is 2.60. The lowest BCUT2D eigenvalue weighted by Gasteiger charge is -2.36. The summed E-state index contributed by atoms with van der Waals surface area (Å²) in [5, 5.41) is 12.2. The minimum Gasteiger partial charge on any atom is -0.393 e. The first-order chi connectivity index (χ1) is 11.3. The molecule has 0 aliphatic carbocycles. The fourth-order valence-electron chi connectivity index (χ4n) is 2.60. The molecule has 24 heavy (non-hydrogen) atoms. The van der Waals surface area contributed by atoms with Crippen LogP contribution in [0.15, 0.2) is 24.3 Å². The molecule has 1 fully saturated rings. The van der Waals surface area contributed by atoms with E-state index in [1.807, 2.05) is 0 Å². The fraction of sp³-hybridized carbons (Fsp3) is 0.562. The van der Waals surface area contributed by atoms with Gasteiger partial charge in [-0.3, -0.25) is 0 Å². The van der Waals surface area contributed by atoms with Crippen molar-refractivity contribution >= 4 is 6.03 Å². The average molecular weight is 346 g/mol. The van der Waals surface area contributed by atoms with Gasteiger partial charge >= 0.3 is 12.2 Å². The summed E-state index contributed by atoms with van der Waals surface area (Å²) in [6, 6.07) is 4.14. The summed E-state index contributed by atoms with van der Waals surface area (Å²) < 4.78 is 42.9. The van der Waals surface area contributed by atoms with Crippen molar-refractivity contribution in [2.24, 2.45) is 0 Å². The van der Waals surface area contributed by atoms with Crippen LogP contribution in [0.4, 0.5) is 18.0 Å². The van der Waals surface area contributed by atoms with E-state index in [1.165, 1.54) is 12.1 Å². The molecule has 2 N–H and O–H groups in total. The molecular formula is C16H21F3N2O3. The standard InChI is InChI=1S/C16H21F3N2O3/c1-11(22)8-14-10-24-7-6-21(14)15(23)20-9-12-2-4-13(5-3-12)16(17,18)19/h2-5,11,14,22H,6-10H2,1H3,(H,20,23)/t11-,14-/m0/s1. The van der Waals surface area contributed by atoms with E-state index in [0.717, 1.165) is 12.1 Å². The van der Waals surface area contributed by atoms with E-state index >= 15 is 0 Å². The Morgan fingerprint density at radius 2 is 2.08 bits per heavy atom. The molecule has 1 aromatic carbocycles. The Bertz CT molecular complexity index is 546. The Hall–Kier alpha value is -1.80. The van der Waals surface area contributed by atoms with Gasteiger partial charge in [0, 0.05) is 13.1 Å². The summed E-state index contributed by atoms with van der Waals surface area (Å²) in [5.41, 5.74) is -0.139. The summed E-state index contributed by atoms with van der Waals surface area (Å²) in [4.78, 5) is 13.9. The SMILES string of the molecule is C[C@H](O)C[C@H]1COCCN1C(=O)NCc1ccc(C(F)(F)F)cc1. The molecule has 134 valence electrons. The smallest absolute Gasteiger partial charge is 0.393 e. The molecule has 2 amide bonds. The molecule has 5 nitrogen and oxygen atoms in total. The predicted molar refractivity (Wildman–Crippen MR) is 81.3 cm³/mol. The highest BCUT2D eigenvalue weighted by Crippen LogP contribution is 2.29. The van der Waals surface area contributed by atoms with E-state index in [9.17, 15) is 23.1 Å². The third-order valence-corrected chi connectivity index (χ3v) is 3.83. The van der Waals surface area contributed by atoms with Crippen molar-refractivity contribution in [2.75, 3.05) is 19.8 Å². The van der Waals surface area contributed by atoms with Gasteiger partial charge < -0.3 is 20.1 Å². The van der Waals surface area contributed by atoms with E-state index in [0.29, 0.717) is 31.7 Å². The Kier molecular flexibility index (Phi) is 6.06. The largest absolute Gasteiger partial charge is 0.416 e. The first kappa shape index (κ1) is 18.5. The molecule has 1 aromatic rings. The lowest BCUT2D eigenvalue weighted by atomic mass is 10.1. The molecule has 0 radical (unpaired) electrons. The van der Waals surface area contributed by atoms with E-state index < -0.39 is 17.8 Å². The lowest BCUT2D eigenvalue weighted by molar-refractivity contribution is -0.137. The Morgan fingerprint density at radius 3 is 2.67 bits per heavy atom. The Balaban J connectivity index is 1.91. The molecule has 1 saturated heterocycles. The molecule has 0 unspecified atom stereocenters. The zero-order valence-electron chi connectivity index (χ0n) is 13.3. The van der Waals surface area contributed by atoms with Crippen molar-refractivity contribution in [3.05, 3.63) is 35.4 Å². The van der Waals surface area contributed by atoms with E-state index in [-0.39, 0.29) is 18.6 Å². The number of amides is 2. The topological polar surface area (TPSA) is 61.8 Å². The van der Waals surface area contributed by atoms with Gasteiger partial charge in [-0.25, -0.2) is 4.79 Å². The van der Waals surface area contributed by atoms with Crippen molar-refractivity contribution in [3.63, 3.8) is 0 Å². The van der Waals surface area contributed by atoms with Gasteiger partial charge in [0.15, 0.2) is 0 Å². The summed E-state index contributed by atoms with van der Waals surface area (Å²) in [5.74, 6) is 0. The number of aliphatic hydroxyl groups excluding tert-OH is 1. The van der Waals surface area contributed by atoms with Gasteiger partial charge in [0.25, 0.3) is 0 Å². The molecular weight excluding hydrogens is 325 g/mol. The molecule has 1 aliphatic heterocycles. The van der Waals surface area contributed by atoms with Gasteiger partial charge in [-0.2, -0.15) is 13.2 Å². The molecule has 0 bridgehead atoms. The summed E-state index contributed by atoms with van der Waals surface area (Å²) in [7, 11) is 0. The lowest BCUT2D eigenvalue weighted by Crippen LogP contribution is -2.53. The van der Waals surface area contributed by atoms with Crippen LogP contribution < -0.4 is 5.32 Å². The molecule has 0 saturated carbocycles. The number of ether oxygens (including phenoxy) is 1. The van der Waals surface area contributed by atoms with Crippen molar-refractivity contribution in [1.29, 1.82) is 0 Å². The van der Waals surface area contributed by atoms with Crippen LogP contribution >= 0.6 is 0 Å². The molecule has 1 aliphatic rings. The second-order valence-electron chi connectivity index (χ2n) is 5.86. The van der Waals surface area contributed by atoms with Crippen LogP contribution in [0.25, 0.3) is 0 Å². The first-order valence-electron chi connectivity index (χ1n) is 7.74. The Morgan fingerprint density at radius 1 is 1.42 bits per heavy atom. The number of benzene rings is 1. The minimum atomic E-state index is -4.37. The predicted octanol–water partition coefficient (Wildman–Crippen LogP) is 2.39. The maximum Gasteiger partial charge on any atom is 0.416 e. The van der Waals surface area contributed by atoms with Crippen LogP contribution in [0.3, 0.4) is 0 Å². The number of hydrogen-bond donors (Lipinski definition) is 2. The number of carbonyl (C=O) groups excluding carboxylic acids is 1. The second-order valence-corrected chi connectivity index (χ2v) is 5.86. The maximum absolute atomic E-state index is 12.5. The van der Waals surface area contributed by atoms with Gasteiger partial charge in [-0.15, -0.1) is 0 Å². The number of halogens is 3. The molecule has 8 heteroatoms. The van der Waals surface area contributed by atoms with E-state index in [4.69, 9.17) is 4.74 Å². The van der Waals surface area contributed by atoms with Crippen LogP contribution in [-0.4, -0.2) is 47.9 Å². The van der Waals surface area contributed by atoms with E-state index in [2.05, 4.69) is 5.32 Å². The summed E-state index contributed by atoms with van der Waals surface area (Å²) in [6.45, 7) is 2.97. The van der Waals surface area contributed by atoms with Crippen LogP contribution in [0, 0.1) is 0 Å². The van der Waals surface area contributed by atoms with E-state index in [1.54, 1.807) is 11.8 Å². The zero-order valence-corrected chi connectivity index (χ0v) is 13.3. The van der Waals surface area contributed by atoms with Crippen LogP contribution in [0.5, 0.6) is 0 Å². The molecule has 2 atom stereocenters. The number of morpholine rings is 1. The third kappa shape index (κ3) is 5.10. The van der Waals surface area contributed by atoms with Gasteiger partial charge in [-0.1, -0.05) is 12.1 Å². The first-order valence-corrected chi connectivity index (χ1v) is 7.74. The quantitative estimate of drug-likeness (QED) is 0.880. The summed E-state index contributed by atoms with van der Waals surface area (Å²) in [6.07, 6.45) is -4.51. The second kappa shape index (κ2) is 7.85. The van der Waals surface area contributed by atoms with Crippen LogP contribution in [0.2, 0.25) is 0 Å². The van der Waals surface area contributed by atoms with Crippen molar-refractivity contribution in [1.82, 2.24) is 10.2 Å². The molecule has 0 aromatic heterocycles. The molecule has 1 heterocycles. The average Bonchev–Trinajstić information content (AvgIpc) is 2.52.